The van der Waals surface area contributed by atoms with Crippen molar-refractivity contribution in [3.63, 3.8) is 0 Å². The van der Waals surface area contributed by atoms with E-state index in [1.165, 1.54) is 11.3 Å². The van der Waals surface area contributed by atoms with Crippen LogP contribution in [0.15, 0.2) is 11.4 Å². The highest BCUT2D eigenvalue weighted by atomic mass is 35.5. The van der Waals surface area contributed by atoms with Gasteiger partial charge < -0.3 is 5.73 Å². The number of alkyl halides is 1. The molecule has 1 rings (SSSR count). The first-order chi connectivity index (χ1) is 5.90. The van der Waals surface area contributed by atoms with E-state index in [-0.39, 0.29) is 0 Å². The van der Waals surface area contributed by atoms with Gasteiger partial charge in [0.1, 0.15) is 6.17 Å². The van der Waals surface area contributed by atoms with Crippen molar-refractivity contribution in [2.24, 2.45) is 5.73 Å². The maximum absolute atomic E-state index is 13.6. The van der Waals surface area contributed by atoms with Crippen LogP contribution in [-0.2, 0) is 0 Å². The van der Waals surface area contributed by atoms with Crippen LogP contribution in [0.25, 0.3) is 0 Å². The largest absolute Gasteiger partial charge is 0.325 e. The monoisotopic (exact) mass is 221 g/mol. The topological polar surface area (TPSA) is 26.0 Å². The van der Waals surface area contributed by atoms with E-state index in [1.54, 1.807) is 25.3 Å². The maximum Gasteiger partial charge on any atom is 0.137 e. The molecule has 0 amide bonds. The van der Waals surface area contributed by atoms with Gasteiger partial charge >= 0.3 is 0 Å². The zero-order chi connectivity index (χ0) is 10.1. The molecule has 0 saturated heterocycles. The van der Waals surface area contributed by atoms with Crippen molar-refractivity contribution in [2.75, 3.05) is 0 Å². The molecule has 1 atom stereocenters. The van der Waals surface area contributed by atoms with E-state index < -0.39 is 11.7 Å². The molecule has 0 aromatic carbocycles. The number of rotatable bonds is 3. The highest BCUT2D eigenvalue weighted by Crippen LogP contribution is 2.35. The molecule has 1 heterocycles. The van der Waals surface area contributed by atoms with Gasteiger partial charge in [-0.3, -0.25) is 0 Å². The van der Waals surface area contributed by atoms with Gasteiger partial charge in [-0.25, -0.2) is 4.39 Å². The predicted molar refractivity (Wildman–Crippen MR) is 56.1 cm³/mol. The third-order valence-electron chi connectivity index (χ3n) is 1.63. The van der Waals surface area contributed by atoms with Crippen molar-refractivity contribution in [1.82, 2.24) is 0 Å². The second-order valence-electron chi connectivity index (χ2n) is 3.79. The molecular weight excluding hydrogens is 209 g/mol. The van der Waals surface area contributed by atoms with E-state index in [1.807, 2.05) is 0 Å². The lowest BCUT2D eigenvalue weighted by Crippen LogP contribution is -2.33. The molecule has 13 heavy (non-hydrogen) atoms. The molecule has 0 aliphatic heterocycles. The summed E-state index contributed by atoms with van der Waals surface area (Å²) in [4.78, 5) is 0.584. The Morgan fingerprint density at radius 3 is 2.69 bits per heavy atom. The molecule has 0 spiro atoms. The summed E-state index contributed by atoms with van der Waals surface area (Å²) in [6.45, 7) is 3.61. The lowest BCUT2D eigenvalue weighted by molar-refractivity contribution is 0.272. The summed E-state index contributed by atoms with van der Waals surface area (Å²) in [5.74, 6) is 0. The zero-order valence-corrected chi connectivity index (χ0v) is 9.25. The number of nitrogens with two attached hydrogens (primary N) is 1. The van der Waals surface area contributed by atoms with Crippen molar-refractivity contribution in [1.29, 1.82) is 0 Å². The van der Waals surface area contributed by atoms with Crippen LogP contribution in [0.2, 0.25) is 5.02 Å². The van der Waals surface area contributed by atoms with E-state index >= 15 is 0 Å². The highest BCUT2D eigenvalue weighted by molar-refractivity contribution is 7.10. The van der Waals surface area contributed by atoms with Crippen molar-refractivity contribution in [3.05, 3.63) is 21.3 Å². The van der Waals surface area contributed by atoms with Gasteiger partial charge in [0, 0.05) is 12.0 Å². The van der Waals surface area contributed by atoms with Gasteiger partial charge in [-0.15, -0.1) is 11.3 Å². The van der Waals surface area contributed by atoms with Crippen LogP contribution in [-0.4, -0.2) is 5.54 Å². The van der Waals surface area contributed by atoms with Crippen LogP contribution in [0.4, 0.5) is 4.39 Å². The van der Waals surface area contributed by atoms with Gasteiger partial charge in [0.25, 0.3) is 0 Å². The number of hydrogen-bond donors (Lipinski definition) is 1. The Balaban J connectivity index is 2.69. The van der Waals surface area contributed by atoms with Crippen molar-refractivity contribution in [2.45, 2.75) is 32.0 Å². The first-order valence-electron chi connectivity index (χ1n) is 4.06. The maximum atomic E-state index is 13.6. The first kappa shape index (κ1) is 11.0. The molecule has 4 heteroatoms. The third kappa shape index (κ3) is 3.25. The van der Waals surface area contributed by atoms with Gasteiger partial charge in [-0.2, -0.15) is 0 Å². The quantitative estimate of drug-likeness (QED) is 0.830. The van der Waals surface area contributed by atoms with E-state index in [0.717, 1.165) is 0 Å². The molecule has 0 aliphatic carbocycles. The Morgan fingerprint density at radius 1 is 1.69 bits per heavy atom. The normalized spacial score (nSPS) is 14.5. The molecule has 0 saturated carbocycles. The lowest BCUT2D eigenvalue weighted by Gasteiger charge is -2.20. The van der Waals surface area contributed by atoms with Gasteiger partial charge in [-0.1, -0.05) is 11.6 Å². The zero-order valence-electron chi connectivity index (χ0n) is 7.68. The van der Waals surface area contributed by atoms with E-state index in [4.69, 9.17) is 17.3 Å². The molecule has 0 bridgehead atoms. The van der Waals surface area contributed by atoms with Crippen LogP contribution in [0.3, 0.4) is 0 Å². The molecule has 0 radical (unpaired) electrons. The Labute approximate surface area is 86.7 Å². The van der Waals surface area contributed by atoms with E-state index in [2.05, 4.69) is 0 Å². The minimum Gasteiger partial charge on any atom is -0.325 e. The second-order valence-corrected chi connectivity index (χ2v) is 5.15. The van der Waals surface area contributed by atoms with Crippen LogP contribution >= 0.6 is 22.9 Å². The molecule has 1 aromatic rings. The average Bonchev–Trinajstić information content (AvgIpc) is 2.30. The fourth-order valence-electron chi connectivity index (χ4n) is 1.08. The molecule has 1 unspecified atom stereocenters. The summed E-state index contributed by atoms with van der Waals surface area (Å²) < 4.78 is 13.6. The molecule has 74 valence electrons. The standard InChI is InChI=1S/C9H13ClFNS/c1-9(2,12)5-7(11)8-6(10)3-4-13-8/h3-4,7H,5,12H2,1-2H3. The van der Waals surface area contributed by atoms with Gasteiger partial charge in [0.15, 0.2) is 0 Å². The van der Waals surface area contributed by atoms with E-state index in [9.17, 15) is 4.39 Å². The smallest absolute Gasteiger partial charge is 0.137 e. The summed E-state index contributed by atoms with van der Waals surface area (Å²) in [6.07, 6.45) is -0.750. The summed E-state index contributed by atoms with van der Waals surface area (Å²) in [6, 6.07) is 1.71. The van der Waals surface area contributed by atoms with Crippen molar-refractivity contribution >= 4 is 22.9 Å². The summed E-state index contributed by atoms with van der Waals surface area (Å²) >= 11 is 7.13. The van der Waals surface area contributed by atoms with Crippen LogP contribution in [0, 0.1) is 0 Å². The fraction of sp³-hybridized carbons (Fsp3) is 0.556. The SMILES string of the molecule is CC(C)(N)CC(F)c1sccc1Cl. The van der Waals surface area contributed by atoms with Crippen molar-refractivity contribution in [3.8, 4) is 0 Å². The molecule has 0 fully saturated rings. The molecule has 1 nitrogen and oxygen atoms in total. The predicted octanol–water partition coefficient (Wildman–Crippen LogP) is 3.54. The Hall–Kier alpha value is -0.120. The molecule has 1 aromatic heterocycles. The van der Waals surface area contributed by atoms with Crippen LogP contribution in [0.1, 0.15) is 31.3 Å². The highest BCUT2D eigenvalue weighted by Gasteiger charge is 2.22. The second kappa shape index (κ2) is 3.95. The van der Waals surface area contributed by atoms with Crippen LogP contribution in [0.5, 0.6) is 0 Å². The minimum atomic E-state index is -1.05. The lowest BCUT2D eigenvalue weighted by atomic mass is 9.98. The van der Waals surface area contributed by atoms with E-state index in [0.29, 0.717) is 16.3 Å². The van der Waals surface area contributed by atoms with Crippen molar-refractivity contribution < 1.29 is 4.39 Å². The molecule has 2 N–H and O–H groups in total. The van der Waals surface area contributed by atoms with Gasteiger partial charge in [0.2, 0.25) is 0 Å². The third-order valence-corrected chi connectivity index (χ3v) is 3.08. The Bertz CT molecular complexity index is 279. The average molecular weight is 222 g/mol. The number of hydrogen-bond acceptors (Lipinski definition) is 2. The Kier molecular flexibility index (Phi) is 3.33. The first-order valence-corrected chi connectivity index (χ1v) is 5.32. The van der Waals surface area contributed by atoms with Gasteiger partial charge in [-0.05, 0) is 25.3 Å². The van der Waals surface area contributed by atoms with Crippen LogP contribution < -0.4 is 5.73 Å². The molecular formula is C9H13ClFNS. The summed E-state index contributed by atoms with van der Waals surface area (Å²) in [5.41, 5.74) is 5.22. The Morgan fingerprint density at radius 2 is 2.31 bits per heavy atom. The molecule has 0 aliphatic rings. The summed E-state index contributed by atoms with van der Waals surface area (Å²) in [5, 5.41) is 2.29. The van der Waals surface area contributed by atoms with Gasteiger partial charge in [0.05, 0.1) is 9.90 Å². The number of halogens is 2. The summed E-state index contributed by atoms with van der Waals surface area (Å²) in [7, 11) is 0. The fourth-order valence-corrected chi connectivity index (χ4v) is 2.24. The number of thiophene rings is 1. The minimum absolute atomic E-state index is 0.299.